The van der Waals surface area contributed by atoms with Gasteiger partial charge in [0.15, 0.2) is 0 Å². The van der Waals surface area contributed by atoms with Gasteiger partial charge in [0, 0.05) is 24.7 Å². The highest BCUT2D eigenvalue weighted by atomic mass is 16.2. The number of aldehydes is 1. The maximum atomic E-state index is 12.3. The van der Waals surface area contributed by atoms with Crippen LogP contribution in [0.4, 0.5) is 0 Å². The monoisotopic (exact) mass is 292 g/mol. The minimum atomic E-state index is -0.646. The Balaban J connectivity index is 2.01. The molecule has 7 heteroatoms. The molecule has 21 heavy (non-hydrogen) atoms. The van der Waals surface area contributed by atoms with Gasteiger partial charge in [0.05, 0.1) is 12.4 Å². The maximum Gasteiger partial charge on any atom is 0.243 e. The van der Waals surface area contributed by atoms with Gasteiger partial charge in [-0.1, -0.05) is 13.8 Å². The Hall–Kier alpha value is -2.18. The van der Waals surface area contributed by atoms with Crippen molar-refractivity contribution in [3.63, 3.8) is 0 Å². The fraction of sp³-hybridized carbons (Fsp3) is 0.571. The molecule has 2 amide bonds. The molecule has 2 heterocycles. The summed E-state index contributed by atoms with van der Waals surface area (Å²) in [6, 6.07) is -1.27. The number of piperidine rings is 1. The molecule has 1 aliphatic rings. The van der Waals surface area contributed by atoms with Crippen molar-refractivity contribution < 1.29 is 14.4 Å². The number of nitrogens with one attached hydrogen (secondary N) is 3. The first kappa shape index (κ1) is 15.2. The van der Waals surface area contributed by atoms with Crippen LogP contribution in [0, 0.1) is 5.41 Å². The number of H-pyrrole nitrogens is 1. The lowest BCUT2D eigenvalue weighted by Crippen LogP contribution is -2.59. The van der Waals surface area contributed by atoms with Crippen LogP contribution in [-0.2, 0) is 20.8 Å². The third-order valence-electron chi connectivity index (χ3n) is 3.83. The SMILES string of the molecule is CC1(C)CCC(=O)NC1C(=O)N[C@H](C=O)Cc1cnc[nH]1. The minimum absolute atomic E-state index is 0.134. The van der Waals surface area contributed by atoms with Gasteiger partial charge in [0.25, 0.3) is 0 Å². The van der Waals surface area contributed by atoms with Crippen molar-refractivity contribution in [1.29, 1.82) is 0 Å². The zero-order chi connectivity index (χ0) is 15.5. The second-order valence-electron chi connectivity index (χ2n) is 6.02. The van der Waals surface area contributed by atoms with Crippen molar-refractivity contribution in [1.82, 2.24) is 20.6 Å². The molecule has 1 aromatic rings. The smallest absolute Gasteiger partial charge is 0.243 e. The first-order valence-corrected chi connectivity index (χ1v) is 6.94. The van der Waals surface area contributed by atoms with E-state index in [1.165, 1.54) is 6.33 Å². The molecule has 1 aromatic heterocycles. The Bertz CT molecular complexity index is 524. The molecule has 1 unspecified atom stereocenters. The standard InChI is InChI=1S/C14H20N4O3/c1-14(2)4-3-11(20)18-12(14)13(21)17-10(7-19)5-9-6-15-8-16-9/h6-8,10,12H,3-5H2,1-2H3,(H,15,16)(H,17,21)(H,18,20)/t10-,12?/m0/s1. The van der Waals surface area contributed by atoms with E-state index in [2.05, 4.69) is 20.6 Å². The predicted molar refractivity (Wildman–Crippen MR) is 75.2 cm³/mol. The van der Waals surface area contributed by atoms with Crippen LogP contribution >= 0.6 is 0 Å². The van der Waals surface area contributed by atoms with Crippen molar-refractivity contribution in [3.05, 3.63) is 18.2 Å². The summed E-state index contributed by atoms with van der Waals surface area (Å²) < 4.78 is 0. The van der Waals surface area contributed by atoms with E-state index in [0.29, 0.717) is 25.5 Å². The number of imidazole rings is 1. The van der Waals surface area contributed by atoms with Gasteiger partial charge in [-0.05, 0) is 11.8 Å². The summed E-state index contributed by atoms with van der Waals surface area (Å²) in [4.78, 5) is 41.7. The van der Waals surface area contributed by atoms with Crippen molar-refractivity contribution in [2.75, 3.05) is 0 Å². The van der Waals surface area contributed by atoms with Crippen LogP contribution in [0.2, 0.25) is 0 Å². The normalized spacial score (nSPS) is 22.2. The molecule has 0 radical (unpaired) electrons. The van der Waals surface area contributed by atoms with E-state index in [1.807, 2.05) is 13.8 Å². The quantitative estimate of drug-likeness (QED) is 0.661. The second kappa shape index (κ2) is 6.07. The molecule has 2 rings (SSSR count). The highest BCUT2D eigenvalue weighted by Crippen LogP contribution is 2.30. The molecule has 0 bridgehead atoms. The zero-order valence-corrected chi connectivity index (χ0v) is 12.2. The fourth-order valence-corrected chi connectivity index (χ4v) is 2.46. The molecule has 1 aliphatic heterocycles. The number of hydrogen-bond donors (Lipinski definition) is 3. The van der Waals surface area contributed by atoms with Crippen LogP contribution in [0.5, 0.6) is 0 Å². The van der Waals surface area contributed by atoms with Crippen LogP contribution in [0.15, 0.2) is 12.5 Å². The number of aromatic nitrogens is 2. The van der Waals surface area contributed by atoms with Crippen LogP contribution in [0.1, 0.15) is 32.4 Å². The van der Waals surface area contributed by atoms with Gasteiger partial charge in [-0.25, -0.2) is 4.98 Å². The molecule has 1 fully saturated rings. The van der Waals surface area contributed by atoms with E-state index in [-0.39, 0.29) is 17.2 Å². The van der Waals surface area contributed by atoms with Crippen LogP contribution < -0.4 is 10.6 Å². The van der Waals surface area contributed by atoms with Crippen LogP contribution in [-0.4, -0.2) is 40.2 Å². The molecule has 0 spiro atoms. The van der Waals surface area contributed by atoms with Gasteiger partial charge >= 0.3 is 0 Å². The predicted octanol–water partition coefficient (Wildman–Crippen LogP) is -0.0593. The van der Waals surface area contributed by atoms with Gasteiger partial charge in [0.2, 0.25) is 11.8 Å². The highest BCUT2D eigenvalue weighted by Gasteiger charge is 2.40. The van der Waals surface area contributed by atoms with Crippen molar-refractivity contribution in [2.24, 2.45) is 5.41 Å². The minimum Gasteiger partial charge on any atom is -0.348 e. The Morgan fingerprint density at radius 1 is 1.62 bits per heavy atom. The summed E-state index contributed by atoms with van der Waals surface area (Å²) in [5.74, 6) is -0.463. The van der Waals surface area contributed by atoms with Crippen LogP contribution in [0.25, 0.3) is 0 Å². The summed E-state index contributed by atoms with van der Waals surface area (Å²) >= 11 is 0. The van der Waals surface area contributed by atoms with E-state index < -0.39 is 12.1 Å². The van der Waals surface area contributed by atoms with Gasteiger partial charge in [-0.3, -0.25) is 9.59 Å². The van der Waals surface area contributed by atoms with Crippen molar-refractivity contribution in [2.45, 2.75) is 45.2 Å². The third-order valence-corrected chi connectivity index (χ3v) is 3.83. The third kappa shape index (κ3) is 3.68. The van der Waals surface area contributed by atoms with Gasteiger partial charge in [-0.15, -0.1) is 0 Å². The number of carbonyl (C=O) groups excluding carboxylic acids is 3. The number of aromatic amines is 1. The molecule has 2 atom stereocenters. The summed E-state index contributed by atoms with van der Waals surface area (Å²) in [7, 11) is 0. The topological polar surface area (TPSA) is 104 Å². The molecule has 0 aliphatic carbocycles. The molecular weight excluding hydrogens is 272 g/mol. The molecule has 3 N–H and O–H groups in total. The first-order chi connectivity index (χ1) is 9.92. The van der Waals surface area contributed by atoms with Crippen molar-refractivity contribution >= 4 is 18.1 Å². The Morgan fingerprint density at radius 3 is 3.00 bits per heavy atom. The summed E-state index contributed by atoms with van der Waals surface area (Å²) in [6.45, 7) is 3.86. The average Bonchev–Trinajstić information content (AvgIpc) is 2.93. The molecule has 0 aromatic carbocycles. The Morgan fingerprint density at radius 2 is 2.38 bits per heavy atom. The zero-order valence-electron chi connectivity index (χ0n) is 12.2. The van der Waals surface area contributed by atoms with Crippen LogP contribution in [0.3, 0.4) is 0 Å². The van der Waals surface area contributed by atoms with E-state index in [9.17, 15) is 14.4 Å². The fourth-order valence-electron chi connectivity index (χ4n) is 2.46. The first-order valence-electron chi connectivity index (χ1n) is 6.94. The summed E-state index contributed by atoms with van der Waals surface area (Å²) in [5.41, 5.74) is 0.429. The second-order valence-corrected chi connectivity index (χ2v) is 6.02. The molecule has 7 nitrogen and oxygen atoms in total. The Labute approximate surface area is 122 Å². The van der Waals surface area contributed by atoms with Gasteiger partial charge in [0.1, 0.15) is 12.3 Å². The average molecular weight is 292 g/mol. The Kier molecular flexibility index (Phi) is 4.40. The summed E-state index contributed by atoms with van der Waals surface area (Å²) in [5, 5.41) is 5.39. The van der Waals surface area contributed by atoms with Gasteiger partial charge < -0.3 is 20.4 Å². The molecule has 1 saturated heterocycles. The van der Waals surface area contributed by atoms with E-state index in [1.54, 1.807) is 6.20 Å². The van der Waals surface area contributed by atoms with E-state index >= 15 is 0 Å². The lowest BCUT2D eigenvalue weighted by Gasteiger charge is -2.38. The lowest BCUT2D eigenvalue weighted by molar-refractivity contribution is -0.136. The maximum absolute atomic E-state index is 12.3. The lowest BCUT2D eigenvalue weighted by atomic mass is 9.77. The number of rotatable bonds is 5. The molecular formula is C14H20N4O3. The number of amides is 2. The van der Waals surface area contributed by atoms with Crippen molar-refractivity contribution in [3.8, 4) is 0 Å². The number of hydrogen-bond acceptors (Lipinski definition) is 4. The van der Waals surface area contributed by atoms with E-state index in [0.717, 1.165) is 5.69 Å². The number of carbonyl (C=O) groups is 3. The highest BCUT2D eigenvalue weighted by molar-refractivity contribution is 5.90. The van der Waals surface area contributed by atoms with E-state index in [4.69, 9.17) is 0 Å². The largest absolute Gasteiger partial charge is 0.348 e. The van der Waals surface area contributed by atoms with Gasteiger partial charge in [-0.2, -0.15) is 0 Å². The molecule has 0 saturated carbocycles. The number of nitrogens with zero attached hydrogens (tertiary/aromatic N) is 1. The summed E-state index contributed by atoms with van der Waals surface area (Å²) in [6.07, 6.45) is 5.22. The molecule has 114 valence electrons.